The van der Waals surface area contributed by atoms with Gasteiger partial charge in [0.2, 0.25) is 0 Å². The van der Waals surface area contributed by atoms with E-state index in [9.17, 15) is 0 Å². The van der Waals surface area contributed by atoms with Gasteiger partial charge in [-0.25, -0.2) is 9.98 Å². The number of nitrogens with zero attached hydrogens (tertiary/aromatic N) is 3. The summed E-state index contributed by atoms with van der Waals surface area (Å²) < 4.78 is 4.96. The molecule has 1 N–H and O–H groups in total. The molecule has 236 valence electrons. The zero-order chi connectivity index (χ0) is 33.4. The smallest absolute Gasteiger partial charge is 0.161 e. The molecule has 0 atom stereocenters. The number of para-hydroxylation sites is 2. The summed E-state index contributed by atoms with van der Waals surface area (Å²) in [6, 6.07) is 58.5. The summed E-state index contributed by atoms with van der Waals surface area (Å²) in [6.07, 6.45) is 1.88. The number of fused-ring (bicyclic) bond motifs is 6. The van der Waals surface area contributed by atoms with Gasteiger partial charge in [-0.1, -0.05) is 146 Å². The number of thiophene rings is 1. The third kappa shape index (κ3) is 5.21. The quantitative estimate of drug-likeness (QED) is 0.141. The van der Waals surface area contributed by atoms with E-state index in [-0.39, 0.29) is 5.84 Å². The fraction of sp³-hybridized carbons (Fsp3) is 0. The first-order valence-electron chi connectivity index (χ1n) is 16.6. The predicted molar refractivity (Wildman–Crippen MR) is 213 cm³/mol. The van der Waals surface area contributed by atoms with Gasteiger partial charge in [-0.15, -0.1) is 11.3 Å². The second-order valence-corrected chi connectivity index (χ2v) is 13.3. The summed E-state index contributed by atoms with van der Waals surface area (Å²) in [4.78, 5) is 9.66. The van der Waals surface area contributed by atoms with Crippen LogP contribution < -0.4 is 0 Å². The molecule has 5 heteroatoms. The fourth-order valence-electron chi connectivity index (χ4n) is 6.82. The van der Waals surface area contributed by atoms with E-state index in [2.05, 4.69) is 108 Å². The molecule has 0 aliphatic rings. The molecule has 2 aromatic heterocycles. The molecule has 0 fully saturated rings. The Bertz CT molecular complexity index is 2770. The highest BCUT2D eigenvalue weighted by atomic mass is 32.1. The lowest BCUT2D eigenvalue weighted by Crippen LogP contribution is -2.05. The van der Waals surface area contributed by atoms with Crippen LogP contribution >= 0.6 is 11.3 Å². The van der Waals surface area contributed by atoms with Crippen LogP contribution in [0, 0.1) is 5.41 Å². The third-order valence-corrected chi connectivity index (χ3v) is 10.4. The average Bonchev–Trinajstić information content (AvgIpc) is 3.73. The van der Waals surface area contributed by atoms with Crippen LogP contribution in [0.4, 0.5) is 0 Å². The molecule has 7 aromatic carbocycles. The summed E-state index contributed by atoms with van der Waals surface area (Å²) in [6.45, 7) is 0. The van der Waals surface area contributed by atoms with Crippen molar-refractivity contribution in [3.05, 3.63) is 187 Å². The van der Waals surface area contributed by atoms with Crippen LogP contribution in [-0.2, 0) is 0 Å². The number of nitrogens with one attached hydrogen (secondary N) is 1. The molecule has 9 rings (SSSR count). The van der Waals surface area contributed by atoms with E-state index in [1.165, 1.54) is 42.1 Å². The molecule has 0 bridgehead atoms. The van der Waals surface area contributed by atoms with Crippen molar-refractivity contribution in [2.24, 2.45) is 9.98 Å². The molecular weight excluding hydrogens is 629 g/mol. The van der Waals surface area contributed by atoms with Crippen LogP contribution in [0.25, 0.3) is 58.8 Å². The monoisotopic (exact) mass is 658 g/mol. The Morgan fingerprint density at radius 2 is 1.22 bits per heavy atom. The van der Waals surface area contributed by atoms with Crippen molar-refractivity contribution < 1.29 is 0 Å². The van der Waals surface area contributed by atoms with E-state index in [4.69, 9.17) is 15.4 Å². The van der Waals surface area contributed by atoms with E-state index in [0.29, 0.717) is 5.84 Å². The zero-order valence-electron chi connectivity index (χ0n) is 27.0. The van der Waals surface area contributed by atoms with Gasteiger partial charge in [0.05, 0.1) is 16.7 Å². The van der Waals surface area contributed by atoms with Crippen LogP contribution in [0.2, 0.25) is 0 Å². The molecule has 0 amide bonds. The van der Waals surface area contributed by atoms with Crippen LogP contribution in [0.3, 0.4) is 0 Å². The highest BCUT2D eigenvalue weighted by Crippen LogP contribution is 2.41. The standard InChI is InChI=1S/C45H30N4S/c46-44(30-14-3-1-4-15-30)48-45(31-16-5-2-6-17-31)47-29-33-18-7-10-23-39(33)49-40-24-11-8-19-35(40)36-27-26-32(28-41(36)49)34-21-13-22-38-37-20-9-12-25-42(37)50-43(34)38/h1-29,46H/b46-44?,47-29+,48-45-. The van der Waals surface area contributed by atoms with Crippen LogP contribution in [-0.4, -0.2) is 22.5 Å². The summed E-state index contributed by atoms with van der Waals surface area (Å²) in [5.41, 5.74) is 8.23. The van der Waals surface area contributed by atoms with E-state index in [1.807, 2.05) is 84.3 Å². The summed E-state index contributed by atoms with van der Waals surface area (Å²) in [5, 5.41) is 13.7. The molecule has 4 nitrogen and oxygen atoms in total. The molecule has 0 aliphatic heterocycles. The van der Waals surface area contributed by atoms with Crippen molar-refractivity contribution in [2.45, 2.75) is 0 Å². The number of rotatable bonds is 5. The Balaban J connectivity index is 1.21. The molecule has 0 saturated carbocycles. The maximum Gasteiger partial charge on any atom is 0.161 e. The molecule has 9 aromatic rings. The van der Waals surface area contributed by atoms with Crippen molar-refractivity contribution in [1.82, 2.24) is 4.57 Å². The molecule has 2 heterocycles. The van der Waals surface area contributed by atoms with Crippen molar-refractivity contribution in [1.29, 1.82) is 5.41 Å². The topological polar surface area (TPSA) is 53.5 Å². The highest BCUT2D eigenvalue weighted by molar-refractivity contribution is 7.26. The second-order valence-electron chi connectivity index (χ2n) is 12.2. The predicted octanol–water partition coefficient (Wildman–Crippen LogP) is 11.7. The fourth-order valence-corrected chi connectivity index (χ4v) is 8.06. The Kier molecular flexibility index (Phi) is 7.45. The summed E-state index contributed by atoms with van der Waals surface area (Å²) in [5.74, 6) is 0.647. The van der Waals surface area contributed by atoms with Gasteiger partial charge in [0.25, 0.3) is 0 Å². The van der Waals surface area contributed by atoms with Crippen molar-refractivity contribution >= 4 is 71.2 Å². The minimum Gasteiger partial charge on any atom is -0.309 e. The van der Waals surface area contributed by atoms with Gasteiger partial charge in [0.15, 0.2) is 11.7 Å². The molecule has 0 radical (unpaired) electrons. The van der Waals surface area contributed by atoms with Crippen molar-refractivity contribution in [2.75, 3.05) is 0 Å². The number of aliphatic imine (C=N–C) groups is 2. The number of hydrogen-bond donors (Lipinski definition) is 1. The molecular formula is C45H30N4S. The van der Waals surface area contributed by atoms with Gasteiger partial charge < -0.3 is 4.57 Å². The molecule has 0 spiro atoms. The second kappa shape index (κ2) is 12.5. The molecule has 50 heavy (non-hydrogen) atoms. The Hall–Kier alpha value is -6.43. The van der Waals surface area contributed by atoms with E-state index in [0.717, 1.165) is 33.4 Å². The molecule has 0 unspecified atom stereocenters. The van der Waals surface area contributed by atoms with E-state index < -0.39 is 0 Å². The minimum atomic E-state index is 0.165. The lowest BCUT2D eigenvalue weighted by molar-refractivity contribution is 1.17. The first kappa shape index (κ1) is 29.7. The largest absolute Gasteiger partial charge is 0.309 e. The number of benzene rings is 7. The van der Waals surface area contributed by atoms with Gasteiger partial charge in [-0.3, -0.25) is 5.41 Å². The third-order valence-electron chi connectivity index (χ3n) is 9.19. The van der Waals surface area contributed by atoms with Gasteiger partial charge in [-0.05, 0) is 35.4 Å². The summed E-state index contributed by atoms with van der Waals surface area (Å²) >= 11 is 1.86. The van der Waals surface area contributed by atoms with Crippen LogP contribution in [0.15, 0.2) is 180 Å². The Labute approximate surface area is 293 Å². The number of hydrogen-bond acceptors (Lipinski definition) is 2. The van der Waals surface area contributed by atoms with Crippen LogP contribution in [0.5, 0.6) is 0 Å². The zero-order valence-corrected chi connectivity index (χ0v) is 27.8. The maximum absolute atomic E-state index is 8.74. The first-order valence-corrected chi connectivity index (χ1v) is 17.4. The van der Waals surface area contributed by atoms with E-state index in [1.54, 1.807) is 0 Å². The van der Waals surface area contributed by atoms with E-state index >= 15 is 0 Å². The SMILES string of the molecule is N=C(/N=C(\N=C\c1ccccc1-n1c2ccccc2c2ccc(-c3cccc4c3sc3ccccc34)cc21)c1ccccc1)c1ccccc1. The molecule has 0 aliphatic carbocycles. The number of amidine groups is 2. The van der Waals surface area contributed by atoms with Gasteiger partial charge in [0, 0.05) is 53.8 Å². The molecule has 0 saturated heterocycles. The first-order chi connectivity index (χ1) is 24.7. The number of aromatic nitrogens is 1. The summed E-state index contributed by atoms with van der Waals surface area (Å²) in [7, 11) is 0. The van der Waals surface area contributed by atoms with Gasteiger partial charge in [0.1, 0.15) is 0 Å². The van der Waals surface area contributed by atoms with Gasteiger partial charge >= 0.3 is 0 Å². The van der Waals surface area contributed by atoms with Crippen molar-refractivity contribution in [3.63, 3.8) is 0 Å². The Morgan fingerprint density at radius 1 is 0.560 bits per heavy atom. The highest BCUT2D eigenvalue weighted by Gasteiger charge is 2.17. The van der Waals surface area contributed by atoms with Crippen molar-refractivity contribution in [3.8, 4) is 16.8 Å². The Morgan fingerprint density at radius 3 is 2.06 bits per heavy atom. The lowest BCUT2D eigenvalue weighted by Gasteiger charge is -2.12. The van der Waals surface area contributed by atoms with Gasteiger partial charge in [-0.2, -0.15) is 0 Å². The van der Waals surface area contributed by atoms with Crippen LogP contribution in [0.1, 0.15) is 16.7 Å². The maximum atomic E-state index is 8.74. The normalized spacial score (nSPS) is 12.1. The lowest BCUT2D eigenvalue weighted by atomic mass is 10.0. The average molecular weight is 659 g/mol. The minimum absolute atomic E-state index is 0.165.